The molecule has 1 aromatic rings. The second-order valence-corrected chi connectivity index (χ2v) is 7.54. The lowest BCUT2D eigenvalue weighted by Gasteiger charge is -2.40. The average molecular weight is 308 g/mol. The van der Waals surface area contributed by atoms with Crippen molar-refractivity contribution in [3.05, 3.63) is 34.9 Å². The van der Waals surface area contributed by atoms with E-state index in [1.165, 1.54) is 44.1 Å². The molecule has 1 atom stereocenters. The highest BCUT2D eigenvalue weighted by Gasteiger charge is 2.41. The van der Waals surface area contributed by atoms with Gasteiger partial charge in [0.25, 0.3) is 0 Å². The van der Waals surface area contributed by atoms with E-state index in [0.29, 0.717) is 11.5 Å². The van der Waals surface area contributed by atoms with E-state index in [9.17, 15) is 0 Å². The van der Waals surface area contributed by atoms with Gasteiger partial charge < -0.3 is 5.32 Å². The molecule has 1 aliphatic rings. The Balaban J connectivity index is 2.29. The fraction of sp³-hybridized carbons (Fsp3) is 0.684. The minimum atomic E-state index is 0.428. The van der Waals surface area contributed by atoms with Crippen molar-refractivity contribution in [2.75, 3.05) is 6.54 Å². The van der Waals surface area contributed by atoms with Gasteiger partial charge >= 0.3 is 0 Å². The quantitative estimate of drug-likeness (QED) is 0.652. The summed E-state index contributed by atoms with van der Waals surface area (Å²) < 4.78 is 0. The Kier molecular flexibility index (Phi) is 6.13. The molecule has 2 rings (SSSR count). The molecule has 0 aromatic heterocycles. The molecule has 1 N–H and O–H groups in total. The molecule has 0 saturated heterocycles. The molecule has 1 nitrogen and oxygen atoms in total. The Morgan fingerprint density at radius 2 is 1.76 bits per heavy atom. The first kappa shape index (κ1) is 16.8. The summed E-state index contributed by atoms with van der Waals surface area (Å²) in [6.07, 6.45) is 7.97. The normalized spacial score (nSPS) is 19.1. The van der Waals surface area contributed by atoms with Crippen LogP contribution in [-0.2, 0) is 0 Å². The van der Waals surface area contributed by atoms with Crippen molar-refractivity contribution in [1.82, 2.24) is 5.32 Å². The molecule has 0 aliphatic heterocycles. The largest absolute Gasteiger partial charge is 0.309 e. The minimum Gasteiger partial charge on any atom is -0.309 e. The molecule has 1 unspecified atom stereocenters. The van der Waals surface area contributed by atoms with Crippen molar-refractivity contribution in [2.24, 2.45) is 11.3 Å². The van der Waals surface area contributed by atoms with E-state index < -0.39 is 0 Å². The van der Waals surface area contributed by atoms with E-state index in [1.54, 1.807) is 0 Å². The molecule has 1 fully saturated rings. The third-order valence-corrected chi connectivity index (χ3v) is 5.08. The van der Waals surface area contributed by atoms with Crippen molar-refractivity contribution in [2.45, 2.75) is 65.3 Å². The van der Waals surface area contributed by atoms with E-state index in [1.807, 2.05) is 12.1 Å². The van der Waals surface area contributed by atoms with Gasteiger partial charge in [0.15, 0.2) is 0 Å². The van der Waals surface area contributed by atoms with Gasteiger partial charge in [-0.15, -0.1) is 0 Å². The van der Waals surface area contributed by atoms with Crippen LogP contribution in [-0.4, -0.2) is 6.54 Å². The van der Waals surface area contributed by atoms with Gasteiger partial charge in [0, 0.05) is 11.1 Å². The number of benzene rings is 1. The van der Waals surface area contributed by atoms with Crippen molar-refractivity contribution >= 4 is 11.6 Å². The molecule has 0 heterocycles. The first-order valence-corrected chi connectivity index (χ1v) is 8.94. The molecule has 0 spiro atoms. The Morgan fingerprint density at radius 1 is 1.14 bits per heavy atom. The van der Waals surface area contributed by atoms with E-state index >= 15 is 0 Å². The zero-order valence-electron chi connectivity index (χ0n) is 13.8. The van der Waals surface area contributed by atoms with Gasteiger partial charge in [0.2, 0.25) is 0 Å². The van der Waals surface area contributed by atoms with Gasteiger partial charge in [-0.05, 0) is 61.3 Å². The van der Waals surface area contributed by atoms with Crippen LogP contribution >= 0.6 is 11.6 Å². The van der Waals surface area contributed by atoms with Gasteiger partial charge in [-0.1, -0.05) is 57.3 Å². The van der Waals surface area contributed by atoms with Crippen LogP contribution in [0.4, 0.5) is 0 Å². The zero-order chi connectivity index (χ0) is 15.3. The second kappa shape index (κ2) is 7.65. The topological polar surface area (TPSA) is 12.0 Å². The number of halogens is 1. The lowest BCUT2D eigenvalue weighted by molar-refractivity contribution is 0.155. The number of nitrogens with one attached hydrogen (secondary N) is 1. The highest BCUT2D eigenvalue weighted by molar-refractivity contribution is 6.30. The Hall–Kier alpha value is -0.530. The molecule has 21 heavy (non-hydrogen) atoms. The second-order valence-electron chi connectivity index (χ2n) is 7.11. The summed E-state index contributed by atoms with van der Waals surface area (Å²) in [5.74, 6) is 0.751. The number of hydrogen-bond acceptors (Lipinski definition) is 1. The van der Waals surface area contributed by atoms with Crippen LogP contribution in [0.3, 0.4) is 0 Å². The highest BCUT2D eigenvalue weighted by atomic mass is 35.5. The molecule has 1 aromatic carbocycles. The van der Waals surface area contributed by atoms with Crippen LogP contribution in [0.1, 0.15) is 70.9 Å². The zero-order valence-corrected chi connectivity index (χ0v) is 14.5. The van der Waals surface area contributed by atoms with Gasteiger partial charge in [0.1, 0.15) is 0 Å². The third kappa shape index (κ3) is 4.23. The van der Waals surface area contributed by atoms with Crippen LogP contribution in [0.25, 0.3) is 0 Å². The van der Waals surface area contributed by atoms with Crippen molar-refractivity contribution in [3.63, 3.8) is 0 Å². The molecule has 2 heteroatoms. The van der Waals surface area contributed by atoms with Crippen molar-refractivity contribution < 1.29 is 0 Å². The Labute approximate surface area is 135 Å². The summed E-state index contributed by atoms with van der Waals surface area (Å²) in [4.78, 5) is 0. The van der Waals surface area contributed by atoms with Crippen LogP contribution in [0.5, 0.6) is 0 Å². The summed E-state index contributed by atoms with van der Waals surface area (Å²) in [5, 5.41) is 4.68. The van der Waals surface area contributed by atoms with Crippen LogP contribution in [0.15, 0.2) is 24.3 Å². The van der Waals surface area contributed by atoms with Gasteiger partial charge in [-0.2, -0.15) is 0 Å². The van der Waals surface area contributed by atoms with Crippen molar-refractivity contribution in [1.29, 1.82) is 0 Å². The molecule has 118 valence electrons. The van der Waals surface area contributed by atoms with Crippen LogP contribution in [0.2, 0.25) is 5.02 Å². The predicted octanol–water partition coefficient (Wildman–Crippen LogP) is 5.99. The lowest BCUT2D eigenvalue weighted by Crippen LogP contribution is -2.38. The summed E-state index contributed by atoms with van der Waals surface area (Å²) in [5.41, 5.74) is 1.84. The highest BCUT2D eigenvalue weighted by Crippen LogP contribution is 2.51. The first-order valence-electron chi connectivity index (χ1n) is 8.56. The van der Waals surface area contributed by atoms with E-state index in [-0.39, 0.29) is 0 Å². The average Bonchev–Trinajstić information content (AvgIpc) is 2.89. The van der Waals surface area contributed by atoms with Crippen LogP contribution < -0.4 is 5.32 Å². The van der Waals surface area contributed by atoms with Gasteiger partial charge in [0.05, 0.1) is 0 Å². The third-order valence-electron chi connectivity index (χ3n) is 4.83. The maximum absolute atomic E-state index is 6.08. The summed E-state index contributed by atoms with van der Waals surface area (Å²) in [6, 6.07) is 8.98. The first-order chi connectivity index (χ1) is 10.1. The van der Waals surface area contributed by atoms with Gasteiger partial charge in [-0.3, -0.25) is 0 Å². The molecular weight excluding hydrogens is 278 g/mol. The predicted molar refractivity (Wildman–Crippen MR) is 92.8 cm³/mol. The maximum atomic E-state index is 6.08. The molecular formula is C19H30ClN. The molecule has 0 amide bonds. The minimum absolute atomic E-state index is 0.428. The van der Waals surface area contributed by atoms with Crippen molar-refractivity contribution in [3.8, 4) is 0 Å². The summed E-state index contributed by atoms with van der Waals surface area (Å²) in [7, 11) is 0. The summed E-state index contributed by atoms with van der Waals surface area (Å²) >= 11 is 6.08. The van der Waals surface area contributed by atoms with Crippen LogP contribution in [0, 0.1) is 11.3 Å². The summed E-state index contributed by atoms with van der Waals surface area (Å²) in [6.45, 7) is 8.06. The number of rotatable bonds is 7. The molecule has 1 saturated carbocycles. The van der Waals surface area contributed by atoms with Gasteiger partial charge in [-0.25, -0.2) is 0 Å². The fourth-order valence-corrected chi connectivity index (χ4v) is 4.26. The molecule has 0 radical (unpaired) electrons. The lowest BCUT2D eigenvalue weighted by atomic mass is 9.70. The van der Waals surface area contributed by atoms with E-state index in [4.69, 9.17) is 11.6 Å². The maximum Gasteiger partial charge on any atom is 0.0406 e. The molecule has 0 bridgehead atoms. The standard InChI is InChI=1S/C19H30ClN/c1-4-13-21-18(16-7-9-17(20)10-8-16)19(14-15(2)3)11-5-6-12-19/h7-10,15,18,21H,4-6,11-14H2,1-3H3. The Morgan fingerprint density at radius 3 is 2.29 bits per heavy atom. The van der Waals surface area contributed by atoms with E-state index in [0.717, 1.165) is 17.5 Å². The monoisotopic (exact) mass is 307 g/mol. The molecule has 1 aliphatic carbocycles. The van der Waals surface area contributed by atoms with E-state index in [2.05, 4.69) is 38.2 Å². The SMILES string of the molecule is CCCNC(c1ccc(Cl)cc1)C1(CC(C)C)CCCC1. The number of hydrogen-bond donors (Lipinski definition) is 1. The smallest absolute Gasteiger partial charge is 0.0406 e. The fourth-order valence-electron chi connectivity index (χ4n) is 4.13. The Bertz CT molecular complexity index is 418.